The SMILES string of the molecule is CC(=O)Oc1ccccc1C(=O)OCC(O)COC(=O)CO. The molecular weight excluding hydrogens is 296 g/mol. The lowest BCUT2D eigenvalue weighted by molar-refractivity contribution is -0.150. The van der Waals surface area contributed by atoms with E-state index < -0.39 is 43.8 Å². The molecule has 2 N–H and O–H groups in total. The van der Waals surface area contributed by atoms with Gasteiger partial charge in [-0.05, 0) is 12.1 Å². The maximum absolute atomic E-state index is 11.9. The molecule has 0 aliphatic carbocycles. The van der Waals surface area contributed by atoms with Crippen LogP contribution < -0.4 is 4.74 Å². The lowest BCUT2D eigenvalue weighted by Gasteiger charge is -2.12. The van der Waals surface area contributed by atoms with Gasteiger partial charge in [0.2, 0.25) is 0 Å². The standard InChI is InChI=1S/C14H16O8/c1-9(16)22-12-5-3-2-4-11(12)14(19)21-8-10(17)7-20-13(18)6-15/h2-5,10,15,17H,6-8H2,1H3. The summed E-state index contributed by atoms with van der Waals surface area (Å²) in [6.45, 7) is -0.451. The van der Waals surface area contributed by atoms with E-state index in [1.807, 2.05) is 0 Å². The molecular formula is C14H16O8. The van der Waals surface area contributed by atoms with E-state index in [1.54, 1.807) is 12.1 Å². The third-order valence-corrected chi connectivity index (χ3v) is 2.33. The van der Waals surface area contributed by atoms with Crippen molar-refractivity contribution in [2.24, 2.45) is 0 Å². The molecule has 0 radical (unpaired) electrons. The van der Waals surface area contributed by atoms with E-state index in [4.69, 9.17) is 14.6 Å². The summed E-state index contributed by atoms with van der Waals surface area (Å²) in [6, 6.07) is 5.97. The number of aliphatic hydroxyl groups excluding tert-OH is 2. The first kappa shape index (κ1) is 17.6. The smallest absolute Gasteiger partial charge is 0.342 e. The molecule has 0 spiro atoms. The first-order chi connectivity index (χ1) is 10.4. The number of carbonyl (C=O) groups is 3. The van der Waals surface area contributed by atoms with E-state index >= 15 is 0 Å². The summed E-state index contributed by atoms with van der Waals surface area (Å²) < 4.78 is 14.2. The highest BCUT2D eigenvalue weighted by Gasteiger charge is 2.17. The zero-order valence-corrected chi connectivity index (χ0v) is 11.9. The van der Waals surface area contributed by atoms with E-state index in [-0.39, 0.29) is 11.3 Å². The number of rotatable bonds is 7. The minimum absolute atomic E-state index is 0.0252. The molecule has 1 rings (SSSR count). The predicted octanol–water partition coefficient (Wildman–Crippen LogP) is -0.335. The Morgan fingerprint density at radius 2 is 1.77 bits per heavy atom. The molecule has 22 heavy (non-hydrogen) atoms. The first-order valence-electron chi connectivity index (χ1n) is 6.33. The Labute approximate surface area is 126 Å². The molecule has 0 aliphatic heterocycles. The molecule has 0 saturated carbocycles. The Morgan fingerprint density at radius 1 is 1.14 bits per heavy atom. The zero-order valence-electron chi connectivity index (χ0n) is 11.9. The number of esters is 3. The molecule has 0 amide bonds. The first-order valence-corrected chi connectivity index (χ1v) is 6.33. The second-order valence-electron chi connectivity index (χ2n) is 4.18. The molecule has 8 nitrogen and oxygen atoms in total. The molecule has 0 saturated heterocycles. The molecule has 0 bridgehead atoms. The fourth-order valence-electron chi connectivity index (χ4n) is 1.41. The quantitative estimate of drug-likeness (QED) is 0.518. The maximum Gasteiger partial charge on any atom is 0.342 e. The van der Waals surface area contributed by atoms with E-state index in [9.17, 15) is 19.5 Å². The highest BCUT2D eigenvalue weighted by atomic mass is 16.6. The van der Waals surface area contributed by atoms with Crippen molar-refractivity contribution in [1.29, 1.82) is 0 Å². The highest BCUT2D eigenvalue weighted by molar-refractivity contribution is 5.93. The number of para-hydroxylation sites is 1. The van der Waals surface area contributed by atoms with Gasteiger partial charge in [0.1, 0.15) is 37.2 Å². The summed E-state index contributed by atoms with van der Waals surface area (Å²) in [4.78, 5) is 33.5. The third-order valence-electron chi connectivity index (χ3n) is 2.33. The van der Waals surface area contributed by atoms with Gasteiger partial charge < -0.3 is 24.4 Å². The Balaban J connectivity index is 2.55. The monoisotopic (exact) mass is 312 g/mol. The number of carbonyl (C=O) groups excluding carboxylic acids is 3. The molecule has 1 aromatic rings. The molecule has 0 aromatic heterocycles. The van der Waals surface area contributed by atoms with Gasteiger partial charge >= 0.3 is 17.9 Å². The molecule has 0 heterocycles. The van der Waals surface area contributed by atoms with Gasteiger partial charge in [0, 0.05) is 6.92 Å². The second kappa shape index (κ2) is 8.75. The van der Waals surface area contributed by atoms with Gasteiger partial charge in [-0.1, -0.05) is 12.1 Å². The van der Waals surface area contributed by atoms with Crippen LogP contribution in [0.25, 0.3) is 0 Å². The van der Waals surface area contributed by atoms with E-state index in [1.165, 1.54) is 19.1 Å². The van der Waals surface area contributed by atoms with Crippen LogP contribution in [0.4, 0.5) is 0 Å². The van der Waals surface area contributed by atoms with E-state index in [2.05, 4.69) is 4.74 Å². The Bertz CT molecular complexity index is 539. The minimum Gasteiger partial charge on any atom is -0.461 e. The maximum atomic E-state index is 11.9. The normalized spacial score (nSPS) is 11.4. The van der Waals surface area contributed by atoms with Gasteiger partial charge in [-0.2, -0.15) is 0 Å². The Kier molecular flexibility index (Phi) is 7.00. The topological polar surface area (TPSA) is 119 Å². The van der Waals surface area contributed by atoms with Crippen molar-refractivity contribution < 1.29 is 38.8 Å². The predicted molar refractivity (Wildman–Crippen MR) is 72.1 cm³/mol. The van der Waals surface area contributed by atoms with Gasteiger partial charge in [-0.15, -0.1) is 0 Å². The molecule has 1 aromatic carbocycles. The fourth-order valence-corrected chi connectivity index (χ4v) is 1.41. The van der Waals surface area contributed by atoms with Crippen molar-refractivity contribution >= 4 is 17.9 Å². The number of hydrogen-bond donors (Lipinski definition) is 2. The van der Waals surface area contributed by atoms with Crippen molar-refractivity contribution in [2.45, 2.75) is 13.0 Å². The van der Waals surface area contributed by atoms with Crippen molar-refractivity contribution in [3.8, 4) is 5.75 Å². The van der Waals surface area contributed by atoms with Crippen LogP contribution in [0.3, 0.4) is 0 Å². The van der Waals surface area contributed by atoms with Crippen LogP contribution in [-0.4, -0.2) is 54.0 Å². The largest absolute Gasteiger partial charge is 0.461 e. The summed E-state index contributed by atoms with van der Waals surface area (Å²) >= 11 is 0. The van der Waals surface area contributed by atoms with Crippen LogP contribution in [0.2, 0.25) is 0 Å². The van der Waals surface area contributed by atoms with Crippen LogP contribution in [0.1, 0.15) is 17.3 Å². The lowest BCUT2D eigenvalue weighted by atomic mass is 10.2. The molecule has 8 heteroatoms. The van der Waals surface area contributed by atoms with E-state index in [0.29, 0.717) is 0 Å². The Hall–Kier alpha value is -2.45. The molecule has 0 aliphatic rings. The van der Waals surface area contributed by atoms with Gasteiger partial charge in [-0.3, -0.25) is 4.79 Å². The van der Waals surface area contributed by atoms with Crippen molar-refractivity contribution in [1.82, 2.24) is 0 Å². The van der Waals surface area contributed by atoms with Crippen LogP contribution in [0.5, 0.6) is 5.75 Å². The summed E-state index contributed by atoms with van der Waals surface area (Å²) in [5, 5.41) is 17.9. The van der Waals surface area contributed by atoms with Crippen LogP contribution >= 0.6 is 0 Å². The van der Waals surface area contributed by atoms with Gasteiger partial charge in [0.25, 0.3) is 0 Å². The van der Waals surface area contributed by atoms with Gasteiger partial charge in [0.15, 0.2) is 0 Å². The number of aliphatic hydroxyl groups is 2. The van der Waals surface area contributed by atoms with E-state index in [0.717, 1.165) is 0 Å². The number of benzene rings is 1. The molecule has 120 valence electrons. The van der Waals surface area contributed by atoms with Crippen molar-refractivity contribution in [2.75, 3.05) is 19.8 Å². The summed E-state index contributed by atoms with van der Waals surface area (Å²) in [7, 11) is 0. The van der Waals surface area contributed by atoms with Gasteiger partial charge in [0.05, 0.1) is 0 Å². The summed E-state index contributed by atoms with van der Waals surface area (Å²) in [5.74, 6) is -2.24. The number of ether oxygens (including phenoxy) is 3. The van der Waals surface area contributed by atoms with Crippen LogP contribution in [0, 0.1) is 0 Å². The summed E-state index contributed by atoms with van der Waals surface area (Å²) in [6.07, 6.45) is -1.24. The van der Waals surface area contributed by atoms with Crippen LogP contribution in [-0.2, 0) is 19.1 Å². The molecule has 1 unspecified atom stereocenters. The summed E-state index contributed by atoms with van der Waals surface area (Å²) in [5.41, 5.74) is 0.0252. The van der Waals surface area contributed by atoms with Crippen molar-refractivity contribution in [3.05, 3.63) is 29.8 Å². The van der Waals surface area contributed by atoms with Crippen LogP contribution in [0.15, 0.2) is 24.3 Å². The number of hydrogen-bond acceptors (Lipinski definition) is 8. The third kappa shape index (κ3) is 5.90. The van der Waals surface area contributed by atoms with Gasteiger partial charge in [-0.25, -0.2) is 9.59 Å². The lowest BCUT2D eigenvalue weighted by Crippen LogP contribution is -2.26. The average molecular weight is 312 g/mol. The second-order valence-corrected chi connectivity index (χ2v) is 4.18. The minimum atomic E-state index is -1.24. The molecule has 0 fully saturated rings. The zero-order chi connectivity index (χ0) is 16.5. The highest BCUT2D eigenvalue weighted by Crippen LogP contribution is 2.19. The Morgan fingerprint density at radius 3 is 2.41 bits per heavy atom. The van der Waals surface area contributed by atoms with Crippen molar-refractivity contribution in [3.63, 3.8) is 0 Å². The molecule has 1 atom stereocenters. The average Bonchev–Trinajstić information content (AvgIpc) is 2.50. The fraction of sp³-hybridized carbons (Fsp3) is 0.357.